The minimum atomic E-state index is -0.489. The van der Waals surface area contributed by atoms with Gasteiger partial charge in [-0.2, -0.15) is 0 Å². The van der Waals surface area contributed by atoms with E-state index >= 15 is 0 Å². The SMILES string of the molecule is CCOC(=O)c1nc(C(=O)N(C)C2CCOC2C)cs1. The first-order valence-electron chi connectivity index (χ1n) is 6.56. The summed E-state index contributed by atoms with van der Waals surface area (Å²) in [5.41, 5.74) is 0.277. The number of ether oxygens (including phenoxy) is 2. The van der Waals surface area contributed by atoms with Crippen LogP contribution in [0.25, 0.3) is 0 Å². The van der Waals surface area contributed by atoms with Gasteiger partial charge in [0.1, 0.15) is 5.69 Å². The topological polar surface area (TPSA) is 68.7 Å². The van der Waals surface area contributed by atoms with Crippen molar-refractivity contribution in [2.24, 2.45) is 0 Å². The third-order valence-electron chi connectivity index (χ3n) is 3.33. The van der Waals surface area contributed by atoms with Crippen LogP contribution in [0.5, 0.6) is 0 Å². The highest BCUT2D eigenvalue weighted by Gasteiger charge is 2.32. The lowest BCUT2D eigenvalue weighted by molar-refractivity contribution is 0.0525. The molecule has 2 atom stereocenters. The van der Waals surface area contributed by atoms with E-state index in [1.807, 2.05) is 6.92 Å². The molecule has 0 spiro atoms. The third-order valence-corrected chi connectivity index (χ3v) is 4.15. The minimum absolute atomic E-state index is 0.0205. The molecule has 1 aromatic heterocycles. The summed E-state index contributed by atoms with van der Waals surface area (Å²) in [6.07, 6.45) is 0.838. The van der Waals surface area contributed by atoms with Crippen molar-refractivity contribution in [3.63, 3.8) is 0 Å². The standard InChI is InChI=1S/C13H18N2O4S/c1-4-18-13(17)11-14-9(7-20-11)12(16)15(3)10-5-6-19-8(10)2/h7-8,10H,4-6H2,1-3H3. The van der Waals surface area contributed by atoms with E-state index in [-0.39, 0.29) is 28.8 Å². The maximum absolute atomic E-state index is 12.3. The number of carbonyl (C=O) groups excluding carboxylic acids is 2. The van der Waals surface area contributed by atoms with Crippen LogP contribution >= 0.6 is 11.3 Å². The van der Waals surface area contributed by atoms with E-state index in [9.17, 15) is 9.59 Å². The van der Waals surface area contributed by atoms with Gasteiger partial charge in [0.25, 0.3) is 5.91 Å². The van der Waals surface area contributed by atoms with Crippen molar-refractivity contribution in [1.82, 2.24) is 9.88 Å². The summed E-state index contributed by atoms with van der Waals surface area (Å²) >= 11 is 1.12. The second kappa shape index (κ2) is 6.32. The molecule has 2 unspecified atom stereocenters. The molecule has 6 nitrogen and oxygen atoms in total. The zero-order valence-electron chi connectivity index (χ0n) is 11.8. The molecule has 0 radical (unpaired) electrons. The maximum Gasteiger partial charge on any atom is 0.367 e. The van der Waals surface area contributed by atoms with Gasteiger partial charge in [-0.25, -0.2) is 9.78 Å². The summed E-state index contributed by atoms with van der Waals surface area (Å²) in [7, 11) is 1.74. The van der Waals surface area contributed by atoms with Gasteiger partial charge in [0, 0.05) is 19.0 Å². The molecule has 2 heterocycles. The Kier molecular flexibility index (Phi) is 4.72. The van der Waals surface area contributed by atoms with Gasteiger partial charge in [0.05, 0.1) is 18.8 Å². The van der Waals surface area contributed by atoms with Crippen LogP contribution in [0, 0.1) is 0 Å². The largest absolute Gasteiger partial charge is 0.461 e. The second-order valence-corrected chi connectivity index (χ2v) is 5.46. The quantitative estimate of drug-likeness (QED) is 0.789. The molecule has 110 valence electrons. The number of rotatable bonds is 4. The molecule has 0 aromatic carbocycles. The Balaban J connectivity index is 2.07. The Morgan fingerprint density at radius 2 is 2.35 bits per heavy atom. The fourth-order valence-corrected chi connectivity index (χ4v) is 2.90. The van der Waals surface area contributed by atoms with Crippen molar-refractivity contribution >= 4 is 23.2 Å². The summed E-state index contributed by atoms with van der Waals surface area (Å²) in [4.78, 5) is 29.6. The molecule has 0 aliphatic carbocycles. The fraction of sp³-hybridized carbons (Fsp3) is 0.615. The van der Waals surface area contributed by atoms with Gasteiger partial charge in [0.15, 0.2) is 0 Å². The molecular formula is C13H18N2O4S. The van der Waals surface area contributed by atoms with Crippen LogP contribution in [0.15, 0.2) is 5.38 Å². The van der Waals surface area contributed by atoms with Crippen molar-refractivity contribution in [2.75, 3.05) is 20.3 Å². The van der Waals surface area contributed by atoms with Gasteiger partial charge < -0.3 is 14.4 Å². The van der Waals surface area contributed by atoms with Crippen molar-refractivity contribution in [3.05, 3.63) is 16.1 Å². The molecular weight excluding hydrogens is 280 g/mol. The number of hydrogen-bond donors (Lipinski definition) is 0. The second-order valence-electron chi connectivity index (χ2n) is 4.61. The summed E-state index contributed by atoms with van der Waals surface area (Å²) in [6, 6.07) is 0.0512. The highest BCUT2D eigenvalue weighted by molar-refractivity contribution is 7.11. The Morgan fingerprint density at radius 3 is 2.95 bits per heavy atom. The highest BCUT2D eigenvalue weighted by Crippen LogP contribution is 2.21. The van der Waals surface area contributed by atoms with E-state index in [4.69, 9.17) is 9.47 Å². The first kappa shape index (κ1) is 14.9. The third kappa shape index (κ3) is 2.99. The van der Waals surface area contributed by atoms with Gasteiger partial charge in [-0.3, -0.25) is 4.79 Å². The lowest BCUT2D eigenvalue weighted by atomic mass is 10.1. The predicted molar refractivity (Wildman–Crippen MR) is 74.0 cm³/mol. The Bertz CT molecular complexity index is 502. The molecule has 1 saturated heterocycles. The molecule has 0 N–H and O–H groups in total. The number of amides is 1. The molecule has 1 aliphatic rings. The number of carbonyl (C=O) groups is 2. The number of aromatic nitrogens is 1. The van der Waals surface area contributed by atoms with E-state index in [0.717, 1.165) is 17.8 Å². The Hall–Kier alpha value is -1.47. The Morgan fingerprint density at radius 1 is 1.60 bits per heavy atom. The van der Waals surface area contributed by atoms with Crippen LogP contribution in [0.4, 0.5) is 0 Å². The van der Waals surface area contributed by atoms with Crippen LogP contribution in [-0.4, -0.2) is 54.2 Å². The molecule has 7 heteroatoms. The van der Waals surface area contributed by atoms with E-state index in [2.05, 4.69) is 4.98 Å². The maximum atomic E-state index is 12.3. The average molecular weight is 298 g/mol. The lowest BCUT2D eigenvalue weighted by Gasteiger charge is -2.25. The number of likely N-dealkylation sites (N-methyl/N-ethyl adjacent to an activating group) is 1. The predicted octanol–water partition coefficient (Wildman–Crippen LogP) is 1.57. The first-order chi connectivity index (χ1) is 9.54. The van der Waals surface area contributed by atoms with Crippen LogP contribution < -0.4 is 0 Å². The van der Waals surface area contributed by atoms with Crippen molar-refractivity contribution in [1.29, 1.82) is 0 Å². The molecule has 0 bridgehead atoms. The van der Waals surface area contributed by atoms with Crippen molar-refractivity contribution < 1.29 is 19.1 Å². The molecule has 0 saturated carbocycles. The van der Waals surface area contributed by atoms with Crippen molar-refractivity contribution in [2.45, 2.75) is 32.4 Å². The van der Waals surface area contributed by atoms with Crippen LogP contribution in [0.1, 0.15) is 40.6 Å². The molecule has 20 heavy (non-hydrogen) atoms. The van der Waals surface area contributed by atoms with E-state index in [0.29, 0.717) is 13.2 Å². The van der Waals surface area contributed by atoms with E-state index in [1.54, 1.807) is 24.3 Å². The minimum Gasteiger partial charge on any atom is -0.461 e. The normalized spacial score (nSPS) is 21.8. The smallest absolute Gasteiger partial charge is 0.367 e. The molecule has 1 aliphatic heterocycles. The van der Waals surface area contributed by atoms with E-state index < -0.39 is 5.97 Å². The Labute approximate surface area is 121 Å². The van der Waals surface area contributed by atoms with E-state index in [1.165, 1.54) is 0 Å². The van der Waals surface area contributed by atoms with Gasteiger partial charge >= 0.3 is 5.97 Å². The average Bonchev–Trinajstić information content (AvgIpc) is 3.06. The zero-order chi connectivity index (χ0) is 14.7. The van der Waals surface area contributed by atoms with Gasteiger partial charge in [-0.05, 0) is 20.3 Å². The molecule has 1 amide bonds. The first-order valence-corrected chi connectivity index (χ1v) is 7.44. The molecule has 1 fully saturated rings. The van der Waals surface area contributed by atoms with Crippen molar-refractivity contribution in [3.8, 4) is 0 Å². The number of hydrogen-bond acceptors (Lipinski definition) is 6. The van der Waals surface area contributed by atoms with Gasteiger partial charge in [0.2, 0.25) is 5.01 Å². The molecule has 1 aromatic rings. The summed E-state index contributed by atoms with van der Waals surface area (Å²) in [5, 5.41) is 1.80. The van der Waals surface area contributed by atoms with Gasteiger partial charge in [-0.15, -0.1) is 11.3 Å². The monoisotopic (exact) mass is 298 g/mol. The lowest BCUT2D eigenvalue weighted by Crippen LogP contribution is -2.41. The van der Waals surface area contributed by atoms with Crippen LogP contribution in [0.2, 0.25) is 0 Å². The number of esters is 1. The summed E-state index contributed by atoms with van der Waals surface area (Å²) < 4.78 is 10.3. The number of thiazole rings is 1. The zero-order valence-corrected chi connectivity index (χ0v) is 12.6. The summed E-state index contributed by atoms with van der Waals surface area (Å²) in [6.45, 7) is 4.63. The van der Waals surface area contributed by atoms with Crippen LogP contribution in [-0.2, 0) is 9.47 Å². The fourth-order valence-electron chi connectivity index (χ4n) is 2.22. The van der Waals surface area contributed by atoms with Crippen LogP contribution in [0.3, 0.4) is 0 Å². The highest BCUT2D eigenvalue weighted by atomic mass is 32.1. The summed E-state index contributed by atoms with van der Waals surface area (Å²) in [5.74, 6) is -0.684. The molecule has 2 rings (SSSR count). The van der Waals surface area contributed by atoms with Gasteiger partial charge in [-0.1, -0.05) is 0 Å². The number of nitrogens with zero attached hydrogens (tertiary/aromatic N) is 2.